The van der Waals surface area contributed by atoms with E-state index in [9.17, 15) is 0 Å². The zero-order valence-corrected chi connectivity index (χ0v) is 22.3. The summed E-state index contributed by atoms with van der Waals surface area (Å²) in [6, 6.07) is 47.1. The molecule has 0 aliphatic carbocycles. The molecule has 0 atom stereocenters. The molecular formula is C36H21BN2S. The third-order valence-electron chi connectivity index (χ3n) is 8.95. The van der Waals surface area contributed by atoms with Crippen molar-refractivity contribution >= 4 is 78.5 Å². The molecule has 2 aliphatic rings. The maximum Gasteiger partial charge on any atom is 0.252 e. The van der Waals surface area contributed by atoms with Crippen molar-refractivity contribution in [1.29, 1.82) is 0 Å². The van der Waals surface area contributed by atoms with Gasteiger partial charge in [0.1, 0.15) is 0 Å². The SMILES string of the molecule is c1ccc(-n2c3ccccc3c3cc4c5ccccc5n5c4c(c32)B2c3ccccc3Sc3cccc-5c32)cc1. The summed E-state index contributed by atoms with van der Waals surface area (Å²) in [5, 5.41) is 5.27. The fourth-order valence-electron chi connectivity index (χ4n) is 7.47. The van der Waals surface area contributed by atoms with Gasteiger partial charge in [0.25, 0.3) is 6.71 Å². The summed E-state index contributed by atoms with van der Waals surface area (Å²) >= 11 is 1.91. The van der Waals surface area contributed by atoms with Crippen LogP contribution in [0.4, 0.5) is 0 Å². The summed E-state index contributed by atoms with van der Waals surface area (Å²) < 4.78 is 5.07. The van der Waals surface area contributed by atoms with Gasteiger partial charge in [0.05, 0.1) is 22.1 Å². The van der Waals surface area contributed by atoms with Crippen molar-refractivity contribution in [2.24, 2.45) is 0 Å². The van der Waals surface area contributed by atoms with Crippen molar-refractivity contribution in [3.05, 3.63) is 127 Å². The molecule has 6 aromatic carbocycles. The molecule has 0 saturated heterocycles. The lowest BCUT2D eigenvalue weighted by Crippen LogP contribution is -2.59. The van der Waals surface area contributed by atoms with Crippen molar-refractivity contribution < 1.29 is 0 Å². The van der Waals surface area contributed by atoms with Crippen LogP contribution in [0.25, 0.3) is 55.0 Å². The van der Waals surface area contributed by atoms with E-state index in [0.717, 1.165) is 0 Å². The average molecular weight is 524 g/mol. The molecule has 10 rings (SSSR count). The van der Waals surface area contributed by atoms with Gasteiger partial charge < -0.3 is 9.13 Å². The van der Waals surface area contributed by atoms with Gasteiger partial charge in [-0.1, -0.05) is 96.1 Å². The molecule has 4 heterocycles. The molecule has 0 unspecified atom stereocenters. The van der Waals surface area contributed by atoms with E-state index in [-0.39, 0.29) is 6.71 Å². The minimum Gasteiger partial charge on any atom is -0.310 e. The highest BCUT2D eigenvalue weighted by Crippen LogP contribution is 2.42. The lowest BCUT2D eigenvalue weighted by atomic mass is 9.35. The van der Waals surface area contributed by atoms with E-state index in [1.165, 1.54) is 81.2 Å². The van der Waals surface area contributed by atoms with Gasteiger partial charge >= 0.3 is 0 Å². The third kappa shape index (κ3) is 2.49. The number of rotatable bonds is 1. The van der Waals surface area contributed by atoms with Crippen LogP contribution in [-0.4, -0.2) is 15.8 Å². The van der Waals surface area contributed by atoms with E-state index in [1.807, 2.05) is 11.8 Å². The van der Waals surface area contributed by atoms with Crippen molar-refractivity contribution in [3.63, 3.8) is 0 Å². The van der Waals surface area contributed by atoms with Gasteiger partial charge in [0, 0.05) is 42.7 Å². The van der Waals surface area contributed by atoms with Crippen LogP contribution in [0.1, 0.15) is 0 Å². The molecule has 0 fully saturated rings. The molecule has 0 bridgehead atoms. The molecule has 0 radical (unpaired) electrons. The second kappa shape index (κ2) is 7.50. The van der Waals surface area contributed by atoms with Gasteiger partial charge in [-0.25, -0.2) is 0 Å². The van der Waals surface area contributed by atoms with Crippen molar-refractivity contribution in [1.82, 2.24) is 9.13 Å². The Morgan fingerprint density at radius 3 is 1.90 bits per heavy atom. The fraction of sp³-hybridized carbons (Fsp3) is 0. The molecule has 2 aliphatic heterocycles. The summed E-state index contributed by atoms with van der Waals surface area (Å²) in [6.45, 7) is 0.151. The Labute approximate surface area is 235 Å². The Bertz CT molecular complexity index is 2360. The van der Waals surface area contributed by atoms with E-state index >= 15 is 0 Å². The first-order chi connectivity index (χ1) is 19.9. The minimum atomic E-state index is 0.151. The molecule has 2 nitrogen and oxygen atoms in total. The number of aromatic nitrogens is 2. The summed E-state index contributed by atoms with van der Waals surface area (Å²) in [6.07, 6.45) is 0. The van der Waals surface area contributed by atoms with Gasteiger partial charge in [0.2, 0.25) is 0 Å². The van der Waals surface area contributed by atoms with Gasteiger partial charge in [-0.05, 0) is 59.5 Å². The molecule has 40 heavy (non-hydrogen) atoms. The highest BCUT2D eigenvalue weighted by molar-refractivity contribution is 8.00. The van der Waals surface area contributed by atoms with Crippen LogP contribution < -0.4 is 16.4 Å². The molecule has 0 N–H and O–H groups in total. The molecule has 4 heteroatoms. The lowest BCUT2D eigenvalue weighted by molar-refractivity contribution is 1.16. The zero-order valence-electron chi connectivity index (χ0n) is 21.5. The van der Waals surface area contributed by atoms with Gasteiger partial charge in [-0.3, -0.25) is 0 Å². The quantitative estimate of drug-likeness (QED) is 0.207. The second-order valence-electron chi connectivity index (χ2n) is 10.9. The Morgan fingerprint density at radius 2 is 1.10 bits per heavy atom. The Hall–Kier alpha value is -4.67. The number of fused-ring (bicyclic) bond motifs is 11. The summed E-state index contributed by atoms with van der Waals surface area (Å²) in [5.41, 5.74) is 11.9. The van der Waals surface area contributed by atoms with Crippen molar-refractivity contribution in [2.75, 3.05) is 0 Å². The molecule has 0 spiro atoms. The normalized spacial score (nSPS) is 13.3. The maximum atomic E-state index is 2.55. The average Bonchev–Trinajstić information content (AvgIpc) is 3.53. The van der Waals surface area contributed by atoms with E-state index in [0.29, 0.717) is 0 Å². The largest absolute Gasteiger partial charge is 0.310 e. The van der Waals surface area contributed by atoms with E-state index in [1.54, 1.807) is 0 Å². The predicted molar refractivity (Wildman–Crippen MR) is 170 cm³/mol. The number of para-hydroxylation sites is 3. The van der Waals surface area contributed by atoms with Crippen LogP contribution in [0.2, 0.25) is 0 Å². The fourth-order valence-corrected chi connectivity index (χ4v) is 8.64. The summed E-state index contributed by atoms with van der Waals surface area (Å²) in [4.78, 5) is 2.71. The van der Waals surface area contributed by atoms with Crippen LogP contribution in [0.5, 0.6) is 0 Å². The lowest BCUT2D eigenvalue weighted by Gasteiger charge is -2.33. The molecule has 184 valence electrons. The highest BCUT2D eigenvalue weighted by Gasteiger charge is 2.41. The number of hydrogen-bond acceptors (Lipinski definition) is 1. The molecule has 8 aromatic rings. The van der Waals surface area contributed by atoms with E-state index in [2.05, 4.69) is 137 Å². The first-order valence-corrected chi connectivity index (χ1v) is 14.6. The van der Waals surface area contributed by atoms with E-state index in [4.69, 9.17) is 0 Å². The van der Waals surface area contributed by atoms with Crippen LogP contribution >= 0.6 is 11.8 Å². The van der Waals surface area contributed by atoms with E-state index < -0.39 is 0 Å². The first kappa shape index (κ1) is 21.2. The zero-order chi connectivity index (χ0) is 25.9. The maximum absolute atomic E-state index is 2.55. The predicted octanol–water partition coefficient (Wildman–Crippen LogP) is 7.18. The Kier molecular flexibility index (Phi) is 3.97. The second-order valence-corrected chi connectivity index (χ2v) is 12.0. The number of hydrogen-bond donors (Lipinski definition) is 0. The Morgan fingerprint density at radius 1 is 0.475 bits per heavy atom. The van der Waals surface area contributed by atoms with Crippen LogP contribution in [0.15, 0.2) is 137 Å². The third-order valence-corrected chi connectivity index (χ3v) is 10.1. The first-order valence-electron chi connectivity index (χ1n) is 13.8. The topological polar surface area (TPSA) is 9.86 Å². The van der Waals surface area contributed by atoms with Crippen LogP contribution in [0.3, 0.4) is 0 Å². The molecule has 0 amide bonds. The van der Waals surface area contributed by atoms with Crippen LogP contribution in [-0.2, 0) is 0 Å². The van der Waals surface area contributed by atoms with Crippen molar-refractivity contribution in [2.45, 2.75) is 9.79 Å². The van der Waals surface area contributed by atoms with Crippen LogP contribution in [0, 0.1) is 0 Å². The molecule has 2 aromatic heterocycles. The highest BCUT2D eigenvalue weighted by atomic mass is 32.2. The van der Waals surface area contributed by atoms with Gasteiger partial charge in [0.15, 0.2) is 0 Å². The van der Waals surface area contributed by atoms with Gasteiger partial charge in [-0.15, -0.1) is 0 Å². The minimum absolute atomic E-state index is 0.151. The molecule has 0 saturated carbocycles. The Balaban J connectivity index is 1.54. The number of nitrogens with zero attached hydrogens (tertiary/aromatic N) is 2. The van der Waals surface area contributed by atoms with Crippen molar-refractivity contribution in [3.8, 4) is 11.4 Å². The molecular weight excluding hydrogens is 503 g/mol. The van der Waals surface area contributed by atoms with Gasteiger partial charge in [-0.2, -0.15) is 0 Å². The number of benzene rings is 6. The summed E-state index contributed by atoms with van der Waals surface area (Å²) in [7, 11) is 0. The smallest absolute Gasteiger partial charge is 0.252 e. The monoisotopic (exact) mass is 524 g/mol. The summed E-state index contributed by atoms with van der Waals surface area (Å²) in [5.74, 6) is 0. The standard InChI is InChI=1S/C36H21BN2S/c1-2-11-22(12-3-1)38-28-16-7-4-13-23(28)25-21-26-24-14-5-8-17-29(24)39-30-18-10-20-32-33(30)37(34(35(25)38)36(26)39)27-15-6-9-19-31(27)40-32/h1-21H.